The highest BCUT2D eigenvalue weighted by Crippen LogP contribution is 2.17. The number of benzene rings is 1. The highest BCUT2D eigenvalue weighted by Gasteiger charge is 2.14. The van der Waals surface area contributed by atoms with Gasteiger partial charge >= 0.3 is 11.9 Å². The highest BCUT2D eigenvalue weighted by molar-refractivity contribution is 9.08. The fourth-order valence-electron chi connectivity index (χ4n) is 1.69. The van der Waals surface area contributed by atoms with Crippen LogP contribution >= 0.6 is 15.9 Å². The average molecular weight is 329 g/mol. The molecule has 0 unspecified atom stereocenters. The fourth-order valence-corrected chi connectivity index (χ4v) is 2.04. The van der Waals surface area contributed by atoms with Gasteiger partial charge in [-0.1, -0.05) is 28.1 Å². The molecule has 0 radical (unpaired) electrons. The number of carbonyl (C=O) groups is 2. The van der Waals surface area contributed by atoms with Gasteiger partial charge in [-0.2, -0.15) is 0 Å². The Bertz CT molecular complexity index is 457. The van der Waals surface area contributed by atoms with E-state index >= 15 is 0 Å². The molecule has 19 heavy (non-hydrogen) atoms. The van der Waals surface area contributed by atoms with Gasteiger partial charge in [0, 0.05) is 11.8 Å². The Morgan fingerprint density at radius 3 is 2.63 bits per heavy atom. The van der Waals surface area contributed by atoms with Crippen LogP contribution in [0.15, 0.2) is 18.2 Å². The predicted molar refractivity (Wildman–Crippen MR) is 75.4 cm³/mol. The summed E-state index contributed by atoms with van der Waals surface area (Å²) in [6.07, 6.45) is 0.720. The molecule has 4 nitrogen and oxygen atoms in total. The molecule has 0 aliphatic rings. The number of hydrogen-bond acceptors (Lipinski definition) is 4. The van der Waals surface area contributed by atoms with Crippen LogP contribution in [0, 0.1) is 0 Å². The number of aryl methyl sites for hydroxylation is 1. The predicted octanol–water partition coefficient (Wildman–Crippen LogP) is 2.86. The van der Waals surface area contributed by atoms with Crippen LogP contribution in [0.5, 0.6) is 0 Å². The lowest BCUT2D eigenvalue weighted by Gasteiger charge is -2.09. The van der Waals surface area contributed by atoms with E-state index in [0.717, 1.165) is 11.1 Å². The van der Waals surface area contributed by atoms with E-state index in [2.05, 4.69) is 15.9 Å². The molecular weight excluding hydrogens is 312 g/mol. The first-order chi connectivity index (χ1) is 9.12. The Morgan fingerprint density at radius 2 is 2.05 bits per heavy atom. The van der Waals surface area contributed by atoms with Gasteiger partial charge in [0.05, 0.1) is 19.3 Å². The van der Waals surface area contributed by atoms with E-state index in [-0.39, 0.29) is 18.4 Å². The van der Waals surface area contributed by atoms with E-state index in [1.807, 2.05) is 12.1 Å². The molecule has 0 aliphatic carbocycles. The summed E-state index contributed by atoms with van der Waals surface area (Å²) in [6, 6.07) is 5.55. The number of halogens is 1. The van der Waals surface area contributed by atoms with E-state index < -0.39 is 0 Å². The minimum absolute atomic E-state index is 0.255. The van der Waals surface area contributed by atoms with Crippen molar-refractivity contribution in [1.82, 2.24) is 0 Å². The quantitative estimate of drug-likeness (QED) is 0.595. The lowest BCUT2D eigenvalue weighted by Crippen LogP contribution is -2.10. The second kappa shape index (κ2) is 7.94. The molecule has 1 aromatic carbocycles. The van der Waals surface area contributed by atoms with Gasteiger partial charge in [0.25, 0.3) is 0 Å². The van der Waals surface area contributed by atoms with Gasteiger partial charge in [-0.25, -0.2) is 4.79 Å². The summed E-state index contributed by atoms with van der Waals surface area (Å²) < 4.78 is 9.63. The van der Waals surface area contributed by atoms with Crippen LogP contribution in [0.4, 0.5) is 0 Å². The molecule has 0 aliphatic heterocycles. The molecule has 0 bridgehead atoms. The van der Waals surface area contributed by atoms with Gasteiger partial charge in [0.2, 0.25) is 0 Å². The molecule has 0 atom stereocenters. The number of alkyl halides is 1. The molecule has 0 saturated heterocycles. The third-order valence-electron chi connectivity index (χ3n) is 2.64. The Morgan fingerprint density at radius 1 is 1.32 bits per heavy atom. The van der Waals surface area contributed by atoms with Gasteiger partial charge in [0.1, 0.15) is 0 Å². The Kier molecular flexibility index (Phi) is 6.56. The second-order valence-corrected chi connectivity index (χ2v) is 4.48. The van der Waals surface area contributed by atoms with Gasteiger partial charge < -0.3 is 9.47 Å². The average Bonchev–Trinajstić information content (AvgIpc) is 2.44. The number of rotatable bonds is 6. The molecule has 0 saturated carbocycles. The number of ether oxygens (including phenoxy) is 2. The van der Waals surface area contributed by atoms with Crippen molar-refractivity contribution >= 4 is 27.9 Å². The van der Waals surface area contributed by atoms with E-state index in [1.54, 1.807) is 13.0 Å². The SMILES string of the molecule is CCOC(=O)CCc1ccc(CBr)cc1C(=O)OC. The third kappa shape index (κ3) is 4.67. The maximum atomic E-state index is 11.7. The first-order valence-electron chi connectivity index (χ1n) is 6.04. The van der Waals surface area contributed by atoms with Gasteiger partial charge in [0.15, 0.2) is 0 Å². The van der Waals surface area contributed by atoms with Crippen LogP contribution in [0.25, 0.3) is 0 Å². The van der Waals surface area contributed by atoms with Crippen LogP contribution in [-0.4, -0.2) is 25.7 Å². The highest BCUT2D eigenvalue weighted by atomic mass is 79.9. The van der Waals surface area contributed by atoms with E-state index in [4.69, 9.17) is 9.47 Å². The van der Waals surface area contributed by atoms with Crippen molar-refractivity contribution in [1.29, 1.82) is 0 Å². The molecular formula is C14H17BrO4. The molecule has 1 rings (SSSR count). The minimum Gasteiger partial charge on any atom is -0.466 e. The normalized spacial score (nSPS) is 10.1. The van der Waals surface area contributed by atoms with E-state index in [9.17, 15) is 9.59 Å². The Balaban J connectivity index is 2.87. The maximum absolute atomic E-state index is 11.7. The molecule has 0 heterocycles. The van der Waals surface area contributed by atoms with Crippen molar-refractivity contribution in [2.75, 3.05) is 13.7 Å². The van der Waals surface area contributed by atoms with Crippen LogP contribution < -0.4 is 0 Å². The molecule has 0 spiro atoms. The molecule has 5 heteroatoms. The number of carbonyl (C=O) groups excluding carboxylic acids is 2. The zero-order valence-corrected chi connectivity index (χ0v) is 12.7. The van der Waals surface area contributed by atoms with Crippen molar-refractivity contribution in [3.8, 4) is 0 Å². The molecule has 104 valence electrons. The Labute approximate surface area is 121 Å². The monoisotopic (exact) mass is 328 g/mol. The zero-order valence-electron chi connectivity index (χ0n) is 11.1. The Hall–Kier alpha value is -1.36. The van der Waals surface area contributed by atoms with Gasteiger partial charge in [-0.3, -0.25) is 4.79 Å². The van der Waals surface area contributed by atoms with Crippen molar-refractivity contribution in [3.63, 3.8) is 0 Å². The number of methoxy groups -OCH3 is 1. The minimum atomic E-state index is -0.387. The summed E-state index contributed by atoms with van der Waals surface area (Å²) in [5, 5.41) is 0.662. The first kappa shape index (κ1) is 15.7. The molecule has 0 aromatic heterocycles. The first-order valence-corrected chi connectivity index (χ1v) is 7.16. The van der Waals surface area contributed by atoms with Crippen molar-refractivity contribution < 1.29 is 19.1 Å². The number of esters is 2. The standard InChI is InChI=1S/C14H17BrO4/c1-3-19-13(16)7-6-11-5-4-10(9-15)8-12(11)14(17)18-2/h4-5,8H,3,6-7,9H2,1-2H3. The lowest BCUT2D eigenvalue weighted by atomic mass is 10.0. The molecule has 1 aromatic rings. The van der Waals surface area contributed by atoms with Crippen molar-refractivity contribution in [2.45, 2.75) is 25.1 Å². The molecule has 0 fully saturated rings. The summed E-state index contributed by atoms with van der Waals surface area (Å²) >= 11 is 3.34. The second-order valence-electron chi connectivity index (χ2n) is 3.92. The topological polar surface area (TPSA) is 52.6 Å². The van der Waals surface area contributed by atoms with Gasteiger partial charge in [-0.05, 0) is 30.5 Å². The van der Waals surface area contributed by atoms with Crippen LogP contribution in [0.3, 0.4) is 0 Å². The fraction of sp³-hybridized carbons (Fsp3) is 0.429. The largest absolute Gasteiger partial charge is 0.466 e. The van der Waals surface area contributed by atoms with Gasteiger partial charge in [-0.15, -0.1) is 0 Å². The lowest BCUT2D eigenvalue weighted by molar-refractivity contribution is -0.143. The third-order valence-corrected chi connectivity index (χ3v) is 3.29. The molecule has 0 amide bonds. The zero-order chi connectivity index (χ0) is 14.3. The summed E-state index contributed by atoms with van der Waals surface area (Å²) in [7, 11) is 1.35. The summed E-state index contributed by atoms with van der Waals surface area (Å²) in [6.45, 7) is 2.13. The van der Waals surface area contributed by atoms with Crippen LogP contribution in [0.1, 0.15) is 34.8 Å². The smallest absolute Gasteiger partial charge is 0.338 e. The van der Waals surface area contributed by atoms with E-state index in [1.165, 1.54) is 7.11 Å². The maximum Gasteiger partial charge on any atom is 0.338 e. The van der Waals surface area contributed by atoms with Crippen molar-refractivity contribution in [3.05, 3.63) is 34.9 Å². The van der Waals surface area contributed by atoms with Crippen LogP contribution in [0.2, 0.25) is 0 Å². The summed E-state index contributed by atoms with van der Waals surface area (Å²) in [5.74, 6) is -0.649. The van der Waals surface area contributed by atoms with E-state index in [0.29, 0.717) is 23.9 Å². The number of hydrogen-bond donors (Lipinski definition) is 0. The van der Waals surface area contributed by atoms with Crippen LogP contribution in [-0.2, 0) is 26.0 Å². The summed E-state index contributed by atoms with van der Waals surface area (Å²) in [5.41, 5.74) is 2.29. The summed E-state index contributed by atoms with van der Waals surface area (Å²) in [4.78, 5) is 23.1. The van der Waals surface area contributed by atoms with Crippen molar-refractivity contribution in [2.24, 2.45) is 0 Å². The molecule has 0 N–H and O–H groups in total.